The molecule has 6 heteroatoms. The normalized spacial score (nSPS) is 11.7. The molecule has 2 heterocycles. The molecule has 0 saturated heterocycles. The highest BCUT2D eigenvalue weighted by atomic mass is 15.3. The third-order valence-electron chi connectivity index (χ3n) is 2.10. The lowest BCUT2D eigenvalue weighted by atomic mass is 10.3. The Kier molecular flexibility index (Phi) is 2.55. The molecule has 2 aromatic heterocycles. The second-order valence-electron chi connectivity index (χ2n) is 3.28. The fourth-order valence-electron chi connectivity index (χ4n) is 1.38. The molecule has 0 unspecified atom stereocenters. The van der Waals surface area contributed by atoms with Crippen molar-refractivity contribution < 1.29 is 0 Å². The van der Waals surface area contributed by atoms with E-state index in [0.29, 0.717) is 5.71 Å². The average Bonchev–Trinajstić information content (AvgIpc) is 2.69. The fraction of sp³-hybridized carbons (Fsp3) is 0.100. The molecule has 0 aliphatic carbocycles. The first kappa shape index (κ1) is 10.2. The third kappa shape index (κ3) is 1.85. The molecule has 4 N–H and O–H groups in total. The summed E-state index contributed by atoms with van der Waals surface area (Å²) >= 11 is 0. The van der Waals surface area contributed by atoms with Crippen molar-refractivity contribution in [2.75, 3.05) is 0 Å². The SMILES string of the molecule is C/C(=N\N=C(N)N)c1cnc2ccccn12. The highest BCUT2D eigenvalue weighted by Gasteiger charge is 2.04. The van der Waals surface area contributed by atoms with Crippen LogP contribution in [0.25, 0.3) is 5.65 Å². The number of hydrogen-bond donors (Lipinski definition) is 2. The smallest absolute Gasteiger partial charge is 0.211 e. The number of pyridine rings is 1. The van der Waals surface area contributed by atoms with Crippen LogP contribution in [0.1, 0.15) is 12.6 Å². The zero-order valence-corrected chi connectivity index (χ0v) is 8.83. The second kappa shape index (κ2) is 4.01. The van der Waals surface area contributed by atoms with Gasteiger partial charge < -0.3 is 11.5 Å². The molecule has 82 valence electrons. The zero-order chi connectivity index (χ0) is 11.5. The van der Waals surface area contributed by atoms with Crippen molar-refractivity contribution in [1.29, 1.82) is 0 Å². The predicted octanol–water partition coefficient (Wildman–Crippen LogP) is 0.332. The average molecular weight is 216 g/mol. The number of aromatic nitrogens is 2. The van der Waals surface area contributed by atoms with Gasteiger partial charge in [0, 0.05) is 6.20 Å². The molecule has 0 bridgehead atoms. The Bertz CT molecular complexity index is 561. The molecule has 0 atom stereocenters. The van der Waals surface area contributed by atoms with Crippen LogP contribution in [0.2, 0.25) is 0 Å². The van der Waals surface area contributed by atoms with Gasteiger partial charge in [0.1, 0.15) is 5.65 Å². The summed E-state index contributed by atoms with van der Waals surface area (Å²) in [6.07, 6.45) is 3.64. The van der Waals surface area contributed by atoms with Gasteiger partial charge in [-0.05, 0) is 19.1 Å². The number of imidazole rings is 1. The predicted molar refractivity (Wildman–Crippen MR) is 63.2 cm³/mol. The molecule has 16 heavy (non-hydrogen) atoms. The van der Waals surface area contributed by atoms with E-state index in [-0.39, 0.29) is 5.96 Å². The van der Waals surface area contributed by atoms with E-state index >= 15 is 0 Å². The van der Waals surface area contributed by atoms with E-state index in [0.717, 1.165) is 11.3 Å². The van der Waals surface area contributed by atoms with Crippen LogP contribution < -0.4 is 11.5 Å². The van der Waals surface area contributed by atoms with Crippen LogP contribution in [-0.2, 0) is 0 Å². The van der Waals surface area contributed by atoms with E-state index in [1.54, 1.807) is 6.20 Å². The first-order chi connectivity index (χ1) is 7.68. The lowest BCUT2D eigenvalue weighted by Gasteiger charge is -1.98. The maximum atomic E-state index is 5.20. The van der Waals surface area contributed by atoms with Gasteiger partial charge in [0.25, 0.3) is 0 Å². The number of rotatable bonds is 2. The molecule has 0 radical (unpaired) electrons. The molecule has 0 spiro atoms. The summed E-state index contributed by atoms with van der Waals surface area (Å²) in [4.78, 5) is 4.24. The van der Waals surface area contributed by atoms with Gasteiger partial charge in [0.2, 0.25) is 5.96 Å². The van der Waals surface area contributed by atoms with E-state index in [1.165, 1.54) is 0 Å². The van der Waals surface area contributed by atoms with Gasteiger partial charge in [-0.2, -0.15) is 5.10 Å². The van der Waals surface area contributed by atoms with Gasteiger partial charge in [-0.3, -0.25) is 4.40 Å². The van der Waals surface area contributed by atoms with Crippen molar-refractivity contribution in [2.45, 2.75) is 6.92 Å². The fourth-order valence-corrected chi connectivity index (χ4v) is 1.38. The summed E-state index contributed by atoms with van der Waals surface area (Å²) in [7, 11) is 0. The summed E-state index contributed by atoms with van der Waals surface area (Å²) in [5.74, 6) is -0.0619. The number of nitrogens with two attached hydrogens (primary N) is 2. The van der Waals surface area contributed by atoms with Gasteiger partial charge in [-0.1, -0.05) is 6.07 Å². The Morgan fingerprint density at radius 1 is 1.31 bits per heavy atom. The molecule has 6 nitrogen and oxygen atoms in total. The summed E-state index contributed by atoms with van der Waals surface area (Å²) in [6, 6.07) is 5.76. The van der Waals surface area contributed by atoms with E-state index in [1.807, 2.05) is 35.7 Å². The first-order valence-corrected chi connectivity index (χ1v) is 4.74. The van der Waals surface area contributed by atoms with E-state index in [9.17, 15) is 0 Å². The van der Waals surface area contributed by atoms with Crippen LogP contribution in [0.5, 0.6) is 0 Å². The minimum absolute atomic E-state index is 0.0619. The molecule has 2 aromatic rings. The Morgan fingerprint density at radius 3 is 2.88 bits per heavy atom. The summed E-state index contributed by atoms with van der Waals surface area (Å²) in [5.41, 5.74) is 12.8. The van der Waals surface area contributed by atoms with Crippen molar-refractivity contribution in [2.24, 2.45) is 21.7 Å². The van der Waals surface area contributed by atoms with Crippen molar-refractivity contribution in [3.05, 3.63) is 36.3 Å². The van der Waals surface area contributed by atoms with Crippen molar-refractivity contribution in [1.82, 2.24) is 9.38 Å². The van der Waals surface area contributed by atoms with E-state index in [4.69, 9.17) is 11.5 Å². The lowest BCUT2D eigenvalue weighted by Crippen LogP contribution is -2.22. The van der Waals surface area contributed by atoms with Crippen molar-refractivity contribution >= 4 is 17.3 Å². The molecule has 0 fully saturated rings. The number of guanidine groups is 1. The minimum Gasteiger partial charge on any atom is -0.369 e. The molecule has 0 aliphatic heterocycles. The molecule has 0 amide bonds. The van der Waals surface area contributed by atoms with Crippen LogP contribution in [-0.4, -0.2) is 21.1 Å². The summed E-state index contributed by atoms with van der Waals surface area (Å²) < 4.78 is 1.92. The van der Waals surface area contributed by atoms with E-state index in [2.05, 4.69) is 15.2 Å². The molecule has 2 rings (SSSR count). The Morgan fingerprint density at radius 2 is 2.12 bits per heavy atom. The topological polar surface area (TPSA) is 94.1 Å². The van der Waals surface area contributed by atoms with Gasteiger partial charge in [-0.15, -0.1) is 5.10 Å². The third-order valence-corrected chi connectivity index (χ3v) is 2.10. The molecule has 0 aliphatic rings. The van der Waals surface area contributed by atoms with Crippen molar-refractivity contribution in [3.63, 3.8) is 0 Å². The number of fused-ring (bicyclic) bond motifs is 1. The van der Waals surface area contributed by atoms with Crippen LogP contribution in [0.4, 0.5) is 0 Å². The minimum atomic E-state index is -0.0619. The molecule has 0 saturated carbocycles. The highest BCUT2D eigenvalue weighted by Crippen LogP contribution is 2.07. The Balaban J connectivity index is 2.48. The lowest BCUT2D eigenvalue weighted by molar-refractivity contribution is 1.14. The van der Waals surface area contributed by atoms with Crippen LogP contribution in [0, 0.1) is 0 Å². The monoisotopic (exact) mass is 216 g/mol. The highest BCUT2D eigenvalue weighted by molar-refractivity contribution is 5.98. The Hall–Kier alpha value is -2.37. The largest absolute Gasteiger partial charge is 0.369 e. The summed E-state index contributed by atoms with van der Waals surface area (Å²) in [5, 5.41) is 7.52. The standard InChI is InChI=1S/C10H12N6/c1-7(14-15-10(11)12)8-6-13-9-4-2-3-5-16(8)9/h2-6H,1H3,(H4,11,12,15)/b14-7+. The van der Waals surface area contributed by atoms with E-state index < -0.39 is 0 Å². The quantitative estimate of drug-likeness (QED) is 0.430. The first-order valence-electron chi connectivity index (χ1n) is 4.74. The van der Waals surface area contributed by atoms with Gasteiger partial charge in [0.15, 0.2) is 0 Å². The molecular weight excluding hydrogens is 204 g/mol. The maximum absolute atomic E-state index is 5.20. The van der Waals surface area contributed by atoms with Crippen LogP contribution >= 0.6 is 0 Å². The maximum Gasteiger partial charge on any atom is 0.211 e. The van der Waals surface area contributed by atoms with Crippen LogP contribution in [0.15, 0.2) is 40.8 Å². The van der Waals surface area contributed by atoms with Gasteiger partial charge in [-0.25, -0.2) is 4.98 Å². The van der Waals surface area contributed by atoms with Crippen LogP contribution in [0.3, 0.4) is 0 Å². The van der Waals surface area contributed by atoms with Gasteiger partial charge in [0.05, 0.1) is 17.6 Å². The second-order valence-corrected chi connectivity index (χ2v) is 3.28. The number of hydrogen-bond acceptors (Lipinski definition) is 3. The Labute approximate surface area is 92.3 Å². The molecule has 0 aromatic carbocycles. The summed E-state index contributed by atoms with van der Waals surface area (Å²) in [6.45, 7) is 1.82. The number of nitrogens with zero attached hydrogens (tertiary/aromatic N) is 4. The van der Waals surface area contributed by atoms with Crippen molar-refractivity contribution in [3.8, 4) is 0 Å². The zero-order valence-electron chi connectivity index (χ0n) is 8.83. The molecular formula is C10H12N6. The van der Waals surface area contributed by atoms with Gasteiger partial charge >= 0.3 is 0 Å².